The van der Waals surface area contributed by atoms with Crippen LogP contribution in [0.1, 0.15) is 37.4 Å². The van der Waals surface area contributed by atoms with Crippen LogP contribution in [0, 0.1) is 17.0 Å². The van der Waals surface area contributed by atoms with Gasteiger partial charge in [-0.15, -0.1) is 0 Å². The summed E-state index contributed by atoms with van der Waals surface area (Å²) in [6.45, 7) is 1.88. The summed E-state index contributed by atoms with van der Waals surface area (Å²) in [4.78, 5) is 35.3. The Hall–Kier alpha value is -4.00. The second-order valence-corrected chi connectivity index (χ2v) is 6.40. The van der Waals surface area contributed by atoms with Crippen LogP contribution in [0.2, 0.25) is 0 Å². The molecule has 1 N–H and O–H groups in total. The monoisotopic (exact) mass is 391 g/mol. The summed E-state index contributed by atoms with van der Waals surface area (Å²) in [5.41, 5.74) is 0.715. The van der Waals surface area contributed by atoms with E-state index in [0.717, 1.165) is 23.3 Å². The van der Waals surface area contributed by atoms with Gasteiger partial charge in [0.25, 0.3) is 5.69 Å². The minimum Gasteiger partial charge on any atom is -0.488 e. The number of rotatable bonds is 7. The van der Waals surface area contributed by atoms with Crippen molar-refractivity contribution in [3.63, 3.8) is 0 Å². The molecule has 0 radical (unpaired) electrons. The lowest BCUT2D eigenvalue weighted by Crippen LogP contribution is -2.11. The molecule has 7 heteroatoms. The summed E-state index contributed by atoms with van der Waals surface area (Å²) < 4.78 is 5.68. The Morgan fingerprint density at radius 2 is 1.66 bits per heavy atom. The van der Waals surface area contributed by atoms with E-state index in [1.54, 1.807) is 48.5 Å². The van der Waals surface area contributed by atoms with Crippen LogP contribution in [0.4, 0.5) is 5.69 Å². The van der Waals surface area contributed by atoms with Gasteiger partial charge in [0.2, 0.25) is 5.78 Å². The highest BCUT2D eigenvalue weighted by Gasteiger charge is 2.29. The van der Waals surface area contributed by atoms with Gasteiger partial charge in [-0.1, -0.05) is 60.2 Å². The molecule has 29 heavy (non-hydrogen) atoms. The van der Waals surface area contributed by atoms with Crippen molar-refractivity contribution in [3.05, 3.63) is 105 Å². The molecule has 146 valence electrons. The zero-order valence-corrected chi connectivity index (χ0v) is 15.5. The number of aryl methyl sites for hydroxylation is 1. The fourth-order valence-corrected chi connectivity index (χ4v) is 2.79. The Morgan fingerprint density at radius 3 is 2.24 bits per heavy atom. The van der Waals surface area contributed by atoms with Gasteiger partial charge in [0.05, 0.1) is 10.5 Å². The van der Waals surface area contributed by atoms with Crippen molar-refractivity contribution >= 4 is 17.4 Å². The Labute approximate surface area is 166 Å². The lowest BCUT2D eigenvalue weighted by atomic mass is 9.98. The standard InChI is InChI=1S/C22H17NO6/c1-14-7-9-16(10-8-14)21(24)20-18(23(27)28)11-17(22(25)26)12-19(20)29-13-15-5-3-2-4-6-15/h2-12H,13H2,1H3,(H,25,26). The molecule has 3 aromatic carbocycles. The number of carboxylic acids is 1. The molecule has 0 unspecified atom stereocenters. The topological polar surface area (TPSA) is 107 Å². The van der Waals surface area contributed by atoms with Crippen LogP contribution in [0.3, 0.4) is 0 Å². The van der Waals surface area contributed by atoms with Gasteiger partial charge in [0.1, 0.15) is 17.9 Å². The van der Waals surface area contributed by atoms with E-state index in [1.807, 2.05) is 13.0 Å². The van der Waals surface area contributed by atoms with Gasteiger partial charge in [0.15, 0.2) is 0 Å². The van der Waals surface area contributed by atoms with Crippen molar-refractivity contribution in [2.24, 2.45) is 0 Å². The first-order chi connectivity index (χ1) is 13.9. The quantitative estimate of drug-likeness (QED) is 0.363. The predicted octanol–water partition coefficient (Wildman–Crippen LogP) is 4.41. The molecule has 0 aromatic heterocycles. The lowest BCUT2D eigenvalue weighted by Gasteiger charge is -2.13. The number of benzene rings is 3. The molecule has 0 aliphatic rings. The van der Waals surface area contributed by atoms with Crippen LogP contribution >= 0.6 is 0 Å². The number of aromatic carboxylic acids is 1. The number of carboxylic acid groups (broad SMARTS) is 1. The third-order valence-electron chi connectivity index (χ3n) is 4.30. The molecule has 3 aromatic rings. The first-order valence-corrected chi connectivity index (χ1v) is 8.70. The van der Waals surface area contributed by atoms with E-state index in [2.05, 4.69) is 0 Å². The highest BCUT2D eigenvalue weighted by molar-refractivity contribution is 6.14. The van der Waals surface area contributed by atoms with Crippen molar-refractivity contribution < 1.29 is 24.4 Å². The summed E-state index contributed by atoms with van der Waals surface area (Å²) in [7, 11) is 0. The van der Waals surface area contributed by atoms with E-state index in [1.165, 1.54) is 0 Å². The van der Waals surface area contributed by atoms with Gasteiger partial charge >= 0.3 is 5.97 Å². The molecular formula is C22H17NO6. The van der Waals surface area contributed by atoms with Crippen molar-refractivity contribution in [1.82, 2.24) is 0 Å². The van der Waals surface area contributed by atoms with Gasteiger partial charge in [-0.05, 0) is 18.6 Å². The highest BCUT2D eigenvalue weighted by atomic mass is 16.6. The van der Waals surface area contributed by atoms with Crippen molar-refractivity contribution in [2.45, 2.75) is 13.5 Å². The van der Waals surface area contributed by atoms with E-state index in [9.17, 15) is 24.8 Å². The summed E-state index contributed by atoms with van der Waals surface area (Å²) in [5, 5.41) is 20.9. The SMILES string of the molecule is Cc1ccc(C(=O)c2c(OCc3ccccc3)cc(C(=O)O)cc2[N+](=O)[O-])cc1. The maximum absolute atomic E-state index is 13.1. The molecule has 0 spiro atoms. The smallest absolute Gasteiger partial charge is 0.336 e. The number of ketones is 1. The van der Waals surface area contributed by atoms with Crippen LogP contribution in [-0.2, 0) is 6.61 Å². The van der Waals surface area contributed by atoms with Gasteiger partial charge in [0, 0.05) is 11.6 Å². The van der Waals surface area contributed by atoms with E-state index in [4.69, 9.17) is 4.74 Å². The first kappa shape index (κ1) is 19.8. The molecular weight excluding hydrogens is 374 g/mol. The molecule has 7 nitrogen and oxygen atoms in total. The van der Waals surface area contributed by atoms with Crippen LogP contribution in [0.5, 0.6) is 5.75 Å². The molecule has 0 aliphatic carbocycles. The number of nitro groups is 1. The van der Waals surface area contributed by atoms with E-state index in [0.29, 0.717) is 0 Å². The van der Waals surface area contributed by atoms with Crippen molar-refractivity contribution in [1.29, 1.82) is 0 Å². The minimum atomic E-state index is -1.35. The van der Waals surface area contributed by atoms with Crippen LogP contribution in [0.15, 0.2) is 66.7 Å². The number of ether oxygens (including phenoxy) is 1. The first-order valence-electron chi connectivity index (χ1n) is 8.70. The molecule has 0 amide bonds. The van der Waals surface area contributed by atoms with Crippen LogP contribution in [0.25, 0.3) is 0 Å². The minimum absolute atomic E-state index is 0.0231. The normalized spacial score (nSPS) is 10.4. The number of carbonyl (C=O) groups is 2. The highest BCUT2D eigenvalue weighted by Crippen LogP contribution is 2.33. The third kappa shape index (κ3) is 4.47. The summed E-state index contributed by atoms with van der Waals surface area (Å²) >= 11 is 0. The second-order valence-electron chi connectivity index (χ2n) is 6.40. The van der Waals surface area contributed by atoms with Gasteiger partial charge in [-0.2, -0.15) is 0 Å². The Balaban J connectivity index is 2.12. The van der Waals surface area contributed by atoms with E-state index < -0.39 is 22.4 Å². The fourth-order valence-electron chi connectivity index (χ4n) is 2.79. The Morgan fingerprint density at radius 1 is 1.00 bits per heavy atom. The number of nitro benzene ring substituents is 1. The molecule has 0 atom stereocenters. The molecule has 0 saturated carbocycles. The zero-order chi connectivity index (χ0) is 21.0. The Bertz CT molecular complexity index is 1070. The van der Waals surface area contributed by atoms with E-state index in [-0.39, 0.29) is 29.0 Å². The lowest BCUT2D eigenvalue weighted by molar-refractivity contribution is -0.385. The molecule has 0 bridgehead atoms. The third-order valence-corrected chi connectivity index (χ3v) is 4.30. The molecule has 0 fully saturated rings. The molecule has 0 heterocycles. The Kier molecular flexibility index (Phi) is 5.69. The van der Waals surface area contributed by atoms with Crippen LogP contribution < -0.4 is 4.74 Å². The average Bonchev–Trinajstić information content (AvgIpc) is 2.72. The largest absolute Gasteiger partial charge is 0.488 e. The molecule has 0 saturated heterocycles. The maximum Gasteiger partial charge on any atom is 0.336 e. The molecule has 3 rings (SSSR count). The number of hydrogen-bond acceptors (Lipinski definition) is 5. The fraction of sp³-hybridized carbons (Fsp3) is 0.0909. The van der Waals surface area contributed by atoms with Crippen molar-refractivity contribution in [3.8, 4) is 5.75 Å². The average molecular weight is 391 g/mol. The van der Waals surface area contributed by atoms with E-state index >= 15 is 0 Å². The number of hydrogen-bond donors (Lipinski definition) is 1. The van der Waals surface area contributed by atoms with Crippen LogP contribution in [-0.4, -0.2) is 21.8 Å². The summed E-state index contributed by atoms with van der Waals surface area (Å²) in [6.07, 6.45) is 0. The van der Waals surface area contributed by atoms with Crippen molar-refractivity contribution in [2.75, 3.05) is 0 Å². The zero-order valence-electron chi connectivity index (χ0n) is 15.5. The van der Waals surface area contributed by atoms with Gasteiger partial charge in [-0.3, -0.25) is 14.9 Å². The summed E-state index contributed by atoms with van der Waals surface area (Å²) in [5.74, 6) is -2.12. The number of carbonyl (C=O) groups excluding carboxylic acids is 1. The van der Waals surface area contributed by atoms with Gasteiger partial charge < -0.3 is 9.84 Å². The predicted molar refractivity (Wildman–Crippen MR) is 105 cm³/mol. The number of nitrogens with zero attached hydrogens (tertiary/aromatic N) is 1. The summed E-state index contributed by atoms with van der Waals surface area (Å²) in [6, 6.07) is 17.6. The molecule has 0 aliphatic heterocycles. The van der Waals surface area contributed by atoms with Gasteiger partial charge in [-0.25, -0.2) is 4.79 Å². The second kappa shape index (κ2) is 8.35. The maximum atomic E-state index is 13.1.